The summed E-state index contributed by atoms with van der Waals surface area (Å²) in [6, 6.07) is 4.67. The molecule has 1 amide bonds. The van der Waals surface area contributed by atoms with Crippen LogP contribution in [-0.4, -0.2) is 46.3 Å². The highest BCUT2D eigenvalue weighted by atomic mass is 35.5. The summed E-state index contributed by atoms with van der Waals surface area (Å²) >= 11 is 12.0. The maximum Gasteiger partial charge on any atom is 0.490 e. The number of carbonyl (C=O) groups excluding carboxylic acids is 1. The SMILES string of the molecule is CC(C)(C)C[C@@H]1N[C@@H](C(=O)O)[C@@H](c2cccc(Cl)c2F)C12C(=O)Nc1cc(Cl)c(F)cc12.O=C(O)C(F)(F)F. The van der Waals surface area contributed by atoms with Crippen molar-refractivity contribution in [1.82, 2.24) is 5.32 Å². The summed E-state index contributed by atoms with van der Waals surface area (Å²) in [4.78, 5) is 34.9. The molecule has 2 aliphatic rings. The first kappa shape index (κ1) is 30.6. The van der Waals surface area contributed by atoms with Gasteiger partial charge in [0, 0.05) is 17.6 Å². The second-order valence-electron chi connectivity index (χ2n) is 10.4. The lowest BCUT2D eigenvalue weighted by molar-refractivity contribution is -0.192. The number of carbonyl (C=O) groups is 3. The number of fused-ring (bicyclic) bond motifs is 2. The largest absolute Gasteiger partial charge is 0.490 e. The number of anilines is 1. The van der Waals surface area contributed by atoms with E-state index in [1.807, 2.05) is 20.8 Å². The van der Waals surface area contributed by atoms with Gasteiger partial charge in [-0.15, -0.1) is 0 Å². The van der Waals surface area contributed by atoms with Crippen LogP contribution in [0.1, 0.15) is 44.2 Å². The highest BCUT2D eigenvalue weighted by molar-refractivity contribution is 6.31. The molecular formula is C25H23Cl2F5N2O5. The number of rotatable bonds is 3. The zero-order chi connectivity index (χ0) is 29.7. The second-order valence-corrected chi connectivity index (χ2v) is 11.2. The number of carboxylic acids is 2. The maximum atomic E-state index is 15.3. The van der Waals surface area contributed by atoms with Crippen molar-refractivity contribution in [3.63, 3.8) is 0 Å². The Morgan fingerprint density at radius 3 is 2.15 bits per heavy atom. The summed E-state index contributed by atoms with van der Waals surface area (Å²) in [7, 11) is 0. The van der Waals surface area contributed by atoms with Gasteiger partial charge in [-0.05, 0) is 41.2 Å². The summed E-state index contributed by atoms with van der Waals surface area (Å²) in [6.07, 6.45) is -4.72. The molecular weight excluding hydrogens is 574 g/mol. The Morgan fingerprint density at radius 2 is 1.64 bits per heavy atom. The molecule has 1 saturated heterocycles. The Morgan fingerprint density at radius 1 is 1.05 bits per heavy atom. The first-order chi connectivity index (χ1) is 17.8. The minimum Gasteiger partial charge on any atom is -0.480 e. The molecule has 0 aliphatic carbocycles. The van der Waals surface area contributed by atoms with Crippen LogP contribution in [0.4, 0.5) is 27.6 Å². The van der Waals surface area contributed by atoms with Crippen LogP contribution in [0, 0.1) is 17.0 Å². The van der Waals surface area contributed by atoms with Gasteiger partial charge in [-0.2, -0.15) is 13.2 Å². The molecule has 4 atom stereocenters. The number of alkyl halides is 3. The molecule has 212 valence electrons. The number of hydrogen-bond acceptors (Lipinski definition) is 4. The van der Waals surface area contributed by atoms with Crippen LogP contribution < -0.4 is 10.6 Å². The number of nitrogens with one attached hydrogen (secondary N) is 2. The van der Waals surface area contributed by atoms with E-state index in [0.29, 0.717) is 6.42 Å². The lowest BCUT2D eigenvalue weighted by Crippen LogP contribution is -2.49. The molecule has 1 fully saturated rings. The van der Waals surface area contributed by atoms with E-state index in [1.165, 1.54) is 24.3 Å². The summed E-state index contributed by atoms with van der Waals surface area (Å²) in [5.41, 5.74) is -1.42. The third-order valence-electron chi connectivity index (χ3n) is 6.53. The lowest BCUT2D eigenvalue weighted by Gasteiger charge is -2.37. The smallest absolute Gasteiger partial charge is 0.480 e. The highest BCUT2D eigenvalue weighted by Gasteiger charge is 2.66. The number of aliphatic carboxylic acids is 2. The van der Waals surface area contributed by atoms with Crippen molar-refractivity contribution in [2.45, 2.75) is 56.8 Å². The average molecular weight is 597 g/mol. The van der Waals surface area contributed by atoms with Gasteiger partial charge < -0.3 is 15.5 Å². The van der Waals surface area contributed by atoms with Crippen molar-refractivity contribution in [1.29, 1.82) is 0 Å². The average Bonchev–Trinajstić information content (AvgIpc) is 3.25. The fourth-order valence-electron chi connectivity index (χ4n) is 5.15. The van der Waals surface area contributed by atoms with Gasteiger partial charge in [0.1, 0.15) is 23.1 Å². The van der Waals surface area contributed by atoms with Gasteiger partial charge >= 0.3 is 18.1 Å². The predicted molar refractivity (Wildman–Crippen MR) is 132 cm³/mol. The number of amides is 1. The van der Waals surface area contributed by atoms with Gasteiger partial charge in [0.05, 0.1) is 10.0 Å². The van der Waals surface area contributed by atoms with Gasteiger partial charge in [-0.25, -0.2) is 13.6 Å². The molecule has 1 spiro atoms. The van der Waals surface area contributed by atoms with Gasteiger partial charge in [0.15, 0.2) is 0 Å². The molecule has 2 aromatic carbocycles. The summed E-state index contributed by atoms with van der Waals surface area (Å²) in [5, 5.41) is 22.6. The molecule has 4 rings (SSSR count). The Bertz CT molecular complexity index is 1330. The highest BCUT2D eigenvalue weighted by Crippen LogP contribution is 2.57. The molecule has 14 heteroatoms. The van der Waals surface area contributed by atoms with Crippen molar-refractivity contribution in [2.24, 2.45) is 5.41 Å². The fourth-order valence-corrected chi connectivity index (χ4v) is 5.50. The number of benzene rings is 2. The summed E-state index contributed by atoms with van der Waals surface area (Å²) < 4.78 is 61.6. The van der Waals surface area contributed by atoms with Gasteiger partial charge in [-0.1, -0.05) is 56.1 Å². The number of carboxylic acid groups (broad SMARTS) is 2. The van der Waals surface area contributed by atoms with Crippen molar-refractivity contribution >= 4 is 46.7 Å². The van der Waals surface area contributed by atoms with Crippen LogP contribution in [0.25, 0.3) is 0 Å². The van der Waals surface area contributed by atoms with Crippen molar-refractivity contribution in [3.8, 4) is 0 Å². The van der Waals surface area contributed by atoms with Gasteiger partial charge in [-0.3, -0.25) is 14.9 Å². The normalized spacial score (nSPS) is 24.2. The molecule has 0 aromatic heterocycles. The Labute approximate surface area is 229 Å². The minimum absolute atomic E-state index is 0.0211. The van der Waals surface area contributed by atoms with Gasteiger partial charge in [0.25, 0.3) is 0 Å². The molecule has 1 unspecified atom stereocenters. The molecule has 2 aromatic rings. The van der Waals surface area contributed by atoms with E-state index in [9.17, 15) is 32.3 Å². The zero-order valence-corrected chi connectivity index (χ0v) is 22.1. The van der Waals surface area contributed by atoms with E-state index in [0.717, 1.165) is 6.07 Å². The Hall–Kier alpha value is -2.96. The second kappa shape index (κ2) is 10.5. The monoisotopic (exact) mass is 596 g/mol. The topological polar surface area (TPSA) is 116 Å². The van der Waals surface area contributed by atoms with E-state index < -0.39 is 59.1 Å². The van der Waals surface area contributed by atoms with E-state index in [2.05, 4.69) is 10.6 Å². The predicted octanol–water partition coefficient (Wildman–Crippen LogP) is 5.74. The lowest BCUT2D eigenvalue weighted by atomic mass is 9.62. The van der Waals surface area contributed by atoms with Crippen LogP contribution in [0.2, 0.25) is 10.0 Å². The summed E-state index contributed by atoms with van der Waals surface area (Å²) in [5.74, 6) is -7.29. The third kappa shape index (κ3) is 5.68. The van der Waals surface area contributed by atoms with Crippen molar-refractivity contribution < 1.29 is 46.5 Å². The van der Waals surface area contributed by atoms with E-state index in [4.69, 9.17) is 33.1 Å². The van der Waals surface area contributed by atoms with Crippen LogP contribution in [0.3, 0.4) is 0 Å². The van der Waals surface area contributed by atoms with Crippen LogP contribution in [0.5, 0.6) is 0 Å². The molecule has 0 saturated carbocycles. The van der Waals surface area contributed by atoms with E-state index in [1.54, 1.807) is 0 Å². The van der Waals surface area contributed by atoms with Crippen LogP contribution in [0.15, 0.2) is 30.3 Å². The van der Waals surface area contributed by atoms with Crippen molar-refractivity contribution in [3.05, 3.63) is 63.1 Å². The molecule has 2 aliphatic heterocycles. The van der Waals surface area contributed by atoms with E-state index >= 15 is 4.39 Å². The zero-order valence-electron chi connectivity index (χ0n) is 20.6. The molecule has 0 radical (unpaired) electrons. The standard InChI is InChI=1S/C23H22Cl2F2N2O3.C2HF3O2/c1-22(2,3)9-16-23(11-7-14(26)13(25)8-15(11)28-21(23)32)17(19(29-16)20(30)31)10-5-4-6-12(24)18(10)27;3-2(4,5)1(6)7/h4-8,16-17,19,29H,9H2,1-3H3,(H,28,32)(H,30,31);(H,6,7)/t16-,17+,19+,23?;/m0./s1. The van der Waals surface area contributed by atoms with Gasteiger partial charge in [0.2, 0.25) is 5.91 Å². The number of hydrogen-bond donors (Lipinski definition) is 4. The quantitative estimate of drug-likeness (QED) is 0.336. The van der Waals surface area contributed by atoms with Crippen LogP contribution >= 0.6 is 23.2 Å². The fraction of sp³-hybridized carbons (Fsp3) is 0.400. The molecule has 7 nitrogen and oxygen atoms in total. The third-order valence-corrected chi connectivity index (χ3v) is 7.11. The summed E-state index contributed by atoms with van der Waals surface area (Å²) in [6.45, 7) is 5.84. The van der Waals surface area contributed by atoms with Crippen molar-refractivity contribution in [2.75, 3.05) is 5.32 Å². The van der Waals surface area contributed by atoms with E-state index in [-0.39, 0.29) is 32.3 Å². The maximum absolute atomic E-state index is 15.3. The molecule has 4 N–H and O–H groups in total. The van der Waals surface area contributed by atoms with Crippen LogP contribution in [-0.2, 0) is 19.8 Å². The first-order valence-electron chi connectivity index (χ1n) is 11.4. The Kier molecular flexibility index (Phi) is 8.27. The molecule has 0 bridgehead atoms. The number of halogens is 7. The minimum atomic E-state index is -5.08. The molecule has 2 heterocycles. The molecule has 39 heavy (non-hydrogen) atoms. The first-order valence-corrected chi connectivity index (χ1v) is 12.1. The Balaban J connectivity index is 0.000000532.